The van der Waals surface area contributed by atoms with Gasteiger partial charge in [-0.05, 0) is 55.7 Å². The molecule has 0 aromatic heterocycles. The maximum absolute atomic E-state index is 10.6. The fraction of sp³-hybridized carbons (Fsp3) is 0.647. The molecule has 0 heterocycles. The third kappa shape index (κ3) is 3.37. The summed E-state index contributed by atoms with van der Waals surface area (Å²) in [5.41, 5.74) is 3.98. The topological polar surface area (TPSA) is 32.3 Å². The molecule has 2 nitrogen and oxygen atoms in total. The van der Waals surface area contributed by atoms with Gasteiger partial charge in [0.15, 0.2) is 0 Å². The molecule has 0 fully saturated rings. The molecule has 1 aromatic rings. The average Bonchev–Trinajstić information content (AvgIpc) is 2.90. The molecule has 106 valence electrons. The molecule has 0 amide bonds. The first-order valence-corrected chi connectivity index (χ1v) is 7.71. The zero-order valence-corrected chi connectivity index (χ0v) is 12.4. The van der Waals surface area contributed by atoms with Crippen molar-refractivity contribution < 1.29 is 5.11 Å². The first-order valence-electron chi connectivity index (χ1n) is 7.71. The molecule has 2 rings (SSSR count). The first-order chi connectivity index (χ1) is 9.15. The van der Waals surface area contributed by atoms with Gasteiger partial charge in [0, 0.05) is 12.1 Å². The predicted molar refractivity (Wildman–Crippen MR) is 80.4 cm³/mol. The van der Waals surface area contributed by atoms with E-state index in [1.54, 1.807) is 0 Å². The number of aliphatic hydroxyl groups excluding tert-OH is 1. The normalized spacial score (nSPS) is 18.9. The highest BCUT2D eigenvalue weighted by molar-refractivity contribution is 5.36. The third-order valence-electron chi connectivity index (χ3n) is 4.40. The van der Waals surface area contributed by atoms with Crippen LogP contribution in [0.15, 0.2) is 18.2 Å². The van der Waals surface area contributed by atoms with Crippen LogP contribution in [-0.2, 0) is 12.8 Å². The summed E-state index contributed by atoms with van der Waals surface area (Å²) >= 11 is 0. The molecule has 0 bridgehead atoms. The van der Waals surface area contributed by atoms with E-state index in [4.69, 9.17) is 0 Å². The number of rotatable bonds is 6. The number of hydrogen-bond donors (Lipinski definition) is 2. The second-order valence-corrected chi connectivity index (χ2v) is 5.82. The Balaban J connectivity index is 2.10. The van der Waals surface area contributed by atoms with E-state index in [2.05, 4.69) is 44.3 Å². The maximum atomic E-state index is 10.6. The molecule has 1 aromatic carbocycles. The Morgan fingerprint density at radius 2 is 1.89 bits per heavy atom. The smallest absolute Gasteiger partial charge is 0.0943 e. The summed E-state index contributed by atoms with van der Waals surface area (Å²) in [4.78, 5) is 0. The Morgan fingerprint density at radius 3 is 2.58 bits per heavy atom. The average molecular weight is 261 g/mol. The zero-order valence-electron chi connectivity index (χ0n) is 12.4. The molecule has 0 spiro atoms. The van der Waals surface area contributed by atoms with Crippen molar-refractivity contribution in [3.8, 4) is 0 Å². The Morgan fingerprint density at radius 1 is 1.16 bits per heavy atom. The van der Waals surface area contributed by atoms with Crippen LogP contribution >= 0.6 is 0 Å². The highest BCUT2D eigenvalue weighted by Crippen LogP contribution is 2.27. The van der Waals surface area contributed by atoms with E-state index in [-0.39, 0.29) is 6.04 Å². The number of aliphatic hydroxyl groups is 1. The minimum absolute atomic E-state index is 0.148. The molecule has 1 aliphatic carbocycles. The van der Waals surface area contributed by atoms with Gasteiger partial charge in [0.1, 0.15) is 0 Å². The molecule has 3 unspecified atom stereocenters. The molecule has 19 heavy (non-hydrogen) atoms. The predicted octanol–water partition coefficient (Wildman–Crippen LogP) is 3.38. The van der Waals surface area contributed by atoms with Crippen LogP contribution in [0.2, 0.25) is 0 Å². The highest BCUT2D eigenvalue weighted by atomic mass is 16.3. The minimum Gasteiger partial charge on any atom is -0.387 e. The lowest BCUT2D eigenvalue weighted by atomic mass is 9.96. The van der Waals surface area contributed by atoms with Crippen LogP contribution in [0.4, 0.5) is 0 Å². The standard InChI is InChI=1S/C17H27NO/c1-4-12(3)18-16(5-2)17(19)15-10-9-13-7-6-8-14(13)11-15/h9-12,16-19H,4-8H2,1-3H3. The van der Waals surface area contributed by atoms with E-state index in [1.807, 2.05) is 0 Å². The molecular weight excluding hydrogens is 234 g/mol. The molecule has 0 saturated heterocycles. The Bertz CT molecular complexity index is 416. The minimum atomic E-state index is -0.398. The Hall–Kier alpha value is -0.860. The van der Waals surface area contributed by atoms with E-state index in [9.17, 15) is 5.11 Å². The van der Waals surface area contributed by atoms with Crippen molar-refractivity contribution >= 4 is 0 Å². The number of fused-ring (bicyclic) bond motifs is 1. The van der Waals surface area contributed by atoms with Crippen molar-refractivity contribution in [3.63, 3.8) is 0 Å². The van der Waals surface area contributed by atoms with Crippen LogP contribution in [-0.4, -0.2) is 17.2 Å². The second-order valence-electron chi connectivity index (χ2n) is 5.82. The number of benzene rings is 1. The lowest BCUT2D eigenvalue weighted by Gasteiger charge is -2.27. The quantitative estimate of drug-likeness (QED) is 0.823. The van der Waals surface area contributed by atoms with E-state index in [0.29, 0.717) is 6.04 Å². The SMILES string of the molecule is CCC(C)NC(CC)C(O)c1ccc2c(c1)CCC2. The number of aryl methyl sites for hydroxylation is 2. The molecule has 3 atom stereocenters. The van der Waals surface area contributed by atoms with Crippen molar-refractivity contribution in [3.05, 3.63) is 34.9 Å². The van der Waals surface area contributed by atoms with Gasteiger partial charge in [0.25, 0.3) is 0 Å². The largest absolute Gasteiger partial charge is 0.387 e. The third-order valence-corrected chi connectivity index (χ3v) is 4.40. The molecule has 2 heteroatoms. The van der Waals surface area contributed by atoms with Crippen molar-refractivity contribution in [2.24, 2.45) is 0 Å². The lowest BCUT2D eigenvalue weighted by Crippen LogP contribution is -2.40. The molecule has 0 saturated carbocycles. The van der Waals surface area contributed by atoms with Crippen LogP contribution in [0, 0.1) is 0 Å². The van der Waals surface area contributed by atoms with Crippen molar-refractivity contribution in [2.45, 2.75) is 71.1 Å². The van der Waals surface area contributed by atoms with Crippen LogP contribution in [0.3, 0.4) is 0 Å². The first kappa shape index (κ1) is 14.5. The molecule has 1 aliphatic rings. The maximum Gasteiger partial charge on any atom is 0.0943 e. The van der Waals surface area contributed by atoms with Crippen molar-refractivity contribution in [1.82, 2.24) is 5.32 Å². The molecule has 0 radical (unpaired) electrons. The summed E-state index contributed by atoms with van der Waals surface area (Å²) in [6.07, 6.45) is 5.28. The highest BCUT2D eigenvalue weighted by Gasteiger charge is 2.22. The molecular formula is C17H27NO. The van der Waals surface area contributed by atoms with Gasteiger partial charge in [-0.3, -0.25) is 0 Å². The van der Waals surface area contributed by atoms with Crippen LogP contribution in [0.25, 0.3) is 0 Å². The zero-order chi connectivity index (χ0) is 13.8. The summed E-state index contributed by atoms with van der Waals surface area (Å²) in [5, 5.41) is 14.1. The summed E-state index contributed by atoms with van der Waals surface area (Å²) in [5.74, 6) is 0. The van der Waals surface area contributed by atoms with Crippen LogP contribution in [0.5, 0.6) is 0 Å². The van der Waals surface area contributed by atoms with Gasteiger partial charge in [0.05, 0.1) is 6.10 Å². The van der Waals surface area contributed by atoms with Crippen molar-refractivity contribution in [1.29, 1.82) is 0 Å². The monoisotopic (exact) mass is 261 g/mol. The summed E-state index contributed by atoms with van der Waals surface area (Å²) in [6, 6.07) is 7.13. The van der Waals surface area contributed by atoms with Gasteiger partial charge >= 0.3 is 0 Å². The van der Waals surface area contributed by atoms with E-state index >= 15 is 0 Å². The Kier molecular flexibility index (Phi) is 5.00. The molecule has 0 aliphatic heterocycles. The van der Waals surface area contributed by atoms with E-state index < -0.39 is 6.10 Å². The fourth-order valence-corrected chi connectivity index (χ4v) is 2.92. The summed E-state index contributed by atoms with van der Waals surface area (Å²) in [7, 11) is 0. The number of nitrogens with one attached hydrogen (secondary N) is 1. The lowest BCUT2D eigenvalue weighted by molar-refractivity contribution is 0.120. The van der Waals surface area contributed by atoms with Crippen LogP contribution < -0.4 is 5.32 Å². The Labute approximate surface area is 117 Å². The summed E-state index contributed by atoms with van der Waals surface area (Å²) < 4.78 is 0. The number of hydrogen-bond acceptors (Lipinski definition) is 2. The van der Waals surface area contributed by atoms with Gasteiger partial charge in [0.2, 0.25) is 0 Å². The van der Waals surface area contributed by atoms with E-state index in [0.717, 1.165) is 18.4 Å². The van der Waals surface area contributed by atoms with Gasteiger partial charge in [-0.2, -0.15) is 0 Å². The van der Waals surface area contributed by atoms with E-state index in [1.165, 1.54) is 30.4 Å². The van der Waals surface area contributed by atoms with Crippen LogP contribution in [0.1, 0.15) is 62.8 Å². The van der Waals surface area contributed by atoms with Gasteiger partial charge < -0.3 is 10.4 Å². The fourth-order valence-electron chi connectivity index (χ4n) is 2.92. The summed E-state index contributed by atoms with van der Waals surface area (Å²) in [6.45, 7) is 6.49. The van der Waals surface area contributed by atoms with Crippen molar-refractivity contribution in [2.75, 3.05) is 0 Å². The second kappa shape index (κ2) is 6.53. The van der Waals surface area contributed by atoms with Gasteiger partial charge in [-0.1, -0.05) is 32.0 Å². The molecule has 2 N–H and O–H groups in total. The van der Waals surface area contributed by atoms with Gasteiger partial charge in [-0.15, -0.1) is 0 Å². The van der Waals surface area contributed by atoms with Gasteiger partial charge in [-0.25, -0.2) is 0 Å².